The Bertz CT molecular complexity index is 5350. The average Bonchev–Trinajstić information content (AvgIpc) is 1.64. The Kier molecular flexibility index (Phi) is 23.6. The fourth-order valence-electron chi connectivity index (χ4n) is 11.0. The normalized spacial score (nSPS) is 12.7. The van der Waals surface area contributed by atoms with Crippen LogP contribution in [0, 0.1) is 10.1 Å². The molecule has 15 rings (SSSR count). The highest BCUT2D eigenvalue weighted by Crippen LogP contribution is 2.41. The Morgan fingerprint density at radius 2 is 0.689 bits per heavy atom. The summed E-state index contributed by atoms with van der Waals surface area (Å²) in [6.45, 7) is 0. The number of alkyl halides is 9. The third-order valence-corrected chi connectivity index (χ3v) is 18.4. The number of rotatable bonds is 6. The van der Waals surface area contributed by atoms with Gasteiger partial charge in [0, 0.05) is 78.6 Å². The average molecular weight is 1560 g/mol. The minimum Gasteiger partial charge on any atom is -0.258 e. The number of aryl methyl sites for hydroxylation is 2. The Morgan fingerprint density at radius 1 is 0.320 bits per heavy atom. The molecule has 0 aliphatic heterocycles. The van der Waals surface area contributed by atoms with Crippen LogP contribution in [0.15, 0.2) is 182 Å². The fourth-order valence-corrected chi connectivity index (χ4v) is 13.0. The summed E-state index contributed by atoms with van der Waals surface area (Å²) in [6, 6.07) is 46.4. The second kappa shape index (κ2) is 32.4. The van der Waals surface area contributed by atoms with Crippen LogP contribution in [0.25, 0.3) is 89.6 Å². The molecule has 5 aromatic heterocycles. The smallest absolute Gasteiger partial charge is 0.258 e. The minimum absolute atomic E-state index is 0.0309. The quantitative estimate of drug-likeness (QED) is 0.0508. The van der Waals surface area contributed by atoms with E-state index in [9.17, 15) is 49.6 Å². The van der Waals surface area contributed by atoms with Crippen LogP contribution in [0.1, 0.15) is 64.9 Å². The number of para-hydroxylation sites is 3. The van der Waals surface area contributed by atoms with Crippen molar-refractivity contribution < 1.29 is 44.4 Å². The van der Waals surface area contributed by atoms with Crippen molar-refractivity contribution in [3.63, 3.8) is 0 Å². The number of benzene rings is 8. The first-order valence-electron chi connectivity index (χ1n) is 30.9. The maximum Gasteiger partial charge on any atom is 0.417 e. The zero-order chi connectivity index (χ0) is 73.5. The van der Waals surface area contributed by atoms with E-state index in [0.29, 0.717) is 59.9 Å². The molecule has 0 atom stereocenters. The molecule has 0 N–H and O–H groups in total. The van der Waals surface area contributed by atoms with Gasteiger partial charge in [-0.15, -0.1) is 0 Å². The van der Waals surface area contributed by atoms with Crippen molar-refractivity contribution in [3.05, 3.63) is 272 Å². The first-order valence-corrected chi connectivity index (χ1v) is 33.9. The van der Waals surface area contributed by atoms with Crippen molar-refractivity contribution in [2.24, 2.45) is 0 Å². The predicted octanol–water partition coefficient (Wildman–Crippen LogP) is 24.1. The highest BCUT2D eigenvalue weighted by atomic mass is 35.5. The number of fused-ring (bicyclic) bond motifs is 5. The molecule has 13 nitrogen and oxygen atoms in total. The molecule has 0 spiro atoms. The minimum atomic E-state index is -4.47. The van der Waals surface area contributed by atoms with E-state index >= 15 is 0 Å². The third kappa shape index (κ3) is 18.0. The third-order valence-electron chi connectivity index (χ3n) is 15.9. The summed E-state index contributed by atoms with van der Waals surface area (Å²) < 4.78 is 117. The number of nitro benzene ring substituents is 1. The van der Waals surface area contributed by atoms with E-state index in [4.69, 9.17) is 92.8 Å². The Labute approximate surface area is 620 Å². The zero-order valence-corrected chi connectivity index (χ0v) is 58.7. The van der Waals surface area contributed by atoms with Gasteiger partial charge in [-0.2, -0.15) is 39.5 Å². The lowest BCUT2D eigenvalue weighted by Gasteiger charge is -2.12. The van der Waals surface area contributed by atoms with Gasteiger partial charge in [0.1, 0.15) is 25.8 Å². The molecule has 0 unspecified atom stereocenters. The fraction of sp³-hybridized carbons (Fsp3) is 0.151. The van der Waals surface area contributed by atoms with E-state index in [0.717, 1.165) is 89.8 Å². The molecule has 0 fully saturated rings. The molecule has 0 bridgehead atoms. The summed E-state index contributed by atoms with van der Waals surface area (Å²) in [7, 11) is 0. The van der Waals surface area contributed by atoms with Crippen LogP contribution in [-0.2, 0) is 44.2 Å². The number of nitrogens with zero attached hydrogens (tertiary/aromatic N) is 11. The van der Waals surface area contributed by atoms with Crippen LogP contribution in [0.4, 0.5) is 45.2 Å². The van der Waals surface area contributed by atoms with E-state index in [1.54, 1.807) is 48.5 Å². The summed E-state index contributed by atoms with van der Waals surface area (Å²) in [5, 5.41) is 15.1. The number of non-ortho nitro benzene ring substituents is 1. The van der Waals surface area contributed by atoms with E-state index in [-0.39, 0.29) is 65.4 Å². The first kappa shape index (κ1) is 75.2. The van der Waals surface area contributed by atoms with Crippen molar-refractivity contribution in [2.75, 3.05) is 0 Å². The molecule has 0 saturated heterocycles. The molecule has 2 aliphatic carbocycles. The molecule has 8 aromatic carbocycles. The van der Waals surface area contributed by atoms with Crippen molar-refractivity contribution in [2.45, 2.75) is 69.9 Å². The number of hydrogen-bond donors (Lipinski definition) is 0. The molecular formula is C73H46Cl8F9N11O2. The molecule has 5 heterocycles. The van der Waals surface area contributed by atoms with Gasteiger partial charge in [0.25, 0.3) is 5.69 Å². The summed E-state index contributed by atoms with van der Waals surface area (Å²) in [5.41, 5.74) is 4.43. The molecule has 2 aliphatic rings. The van der Waals surface area contributed by atoms with Crippen molar-refractivity contribution >= 4 is 131 Å². The van der Waals surface area contributed by atoms with Gasteiger partial charge < -0.3 is 0 Å². The topological polar surface area (TPSA) is 172 Å². The summed E-state index contributed by atoms with van der Waals surface area (Å²) in [5.74, 6) is 1.03. The van der Waals surface area contributed by atoms with Crippen molar-refractivity contribution in [1.29, 1.82) is 0 Å². The van der Waals surface area contributed by atoms with Gasteiger partial charge in [-0.3, -0.25) is 10.1 Å². The Morgan fingerprint density at radius 3 is 1.16 bits per heavy atom. The molecule has 103 heavy (non-hydrogen) atoms. The summed E-state index contributed by atoms with van der Waals surface area (Å²) in [4.78, 5) is 52.7. The summed E-state index contributed by atoms with van der Waals surface area (Å²) in [6.07, 6.45) is -5.42. The second-order valence-corrected chi connectivity index (χ2v) is 25.7. The molecule has 524 valence electrons. The largest absolute Gasteiger partial charge is 0.417 e. The van der Waals surface area contributed by atoms with Crippen LogP contribution in [-0.4, -0.2) is 54.8 Å². The maximum absolute atomic E-state index is 13.1. The van der Waals surface area contributed by atoms with Crippen LogP contribution >= 0.6 is 92.8 Å². The lowest BCUT2D eigenvalue weighted by molar-refractivity contribution is -0.384. The SMILES string of the molecule is Clc1ccccc1-c1nc(Cl)c2c(n1)CCCCC2.FC(F)(F)c1ccc(Cl)c(-c2nc(Cl)c3ccccc3n2)c1.FC(F)(F)c1ccccc1-c1nc(Cl)c2c(n1)CCC2.FC(F)(F)c1ccccc1-c1nc(Cl)c2ccccc2n1.O=[N+]([O-])c1ccc(-c2nc(Cl)c3ccccc3n2)c(Cl)c1. The zero-order valence-electron chi connectivity index (χ0n) is 52.6. The van der Waals surface area contributed by atoms with Crippen LogP contribution < -0.4 is 0 Å². The number of halogens is 17. The van der Waals surface area contributed by atoms with Gasteiger partial charge in [0.15, 0.2) is 29.1 Å². The monoisotopic (exact) mass is 1560 g/mol. The molecule has 30 heteroatoms. The van der Waals surface area contributed by atoms with E-state index in [2.05, 4.69) is 49.8 Å². The molecule has 0 radical (unpaired) electrons. The van der Waals surface area contributed by atoms with Crippen molar-refractivity contribution in [1.82, 2.24) is 49.8 Å². The van der Waals surface area contributed by atoms with E-state index < -0.39 is 40.1 Å². The van der Waals surface area contributed by atoms with Gasteiger partial charge in [0.05, 0.1) is 53.2 Å². The van der Waals surface area contributed by atoms with E-state index in [1.165, 1.54) is 79.9 Å². The number of aromatic nitrogens is 10. The molecule has 0 amide bonds. The van der Waals surface area contributed by atoms with Crippen LogP contribution in [0.5, 0.6) is 0 Å². The van der Waals surface area contributed by atoms with Gasteiger partial charge in [-0.25, -0.2) is 49.8 Å². The number of hydrogen-bond acceptors (Lipinski definition) is 12. The standard InChI is InChI=1S/C15H7Cl2F3N2.C15H14Cl2N2.C15H8ClF3N2.C14H7Cl2N3O2.C14H10ClF3N2/c16-11-6-5-8(15(18,19)20)7-10(11)14-21-12-4-2-1-3-9(12)13(17)22-14;16-12-8-5-4-6-10(12)15-18-13-9-3-1-2-7-11(13)14(17)19-15;16-13-10-6-2-4-8-12(10)20-14(21-13)9-5-1-3-7-11(9)15(17,18)19;15-11-7-8(19(20)21)5-6-9(11)14-17-12-4-2-1-3-10(12)13(16)18-14;15-12-9-5-3-7-11(9)19-13(20-12)8-4-1-2-6-10(8)14(16,17)18/h1-7H;4-6,8H,1-3,7,9H2;1-8H;1-7H;1-2,4,6H,3,5,7H2. The highest BCUT2D eigenvalue weighted by molar-refractivity contribution is 6.36. The van der Waals surface area contributed by atoms with Gasteiger partial charge in [0.2, 0.25) is 0 Å². The predicted molar refractivity (Wildman–Crippen MR) is 385 cm³/mol. The maximum atomic E-state index is 13.1. The van der Waals surface area contributed by atoms with Crippen molar-refractivity contribution in [3.8, 4) is 56.9 Å². The van der Waals surface area contributed by atoms with Crippen LogP contribution in [0.2, 0.25) is 40.8 Å². The van der Waals surface area contributed by atoms with Gasteiger partial charge >= 0.3 is 18.5 Å². The Balaban J connectivity index is 0.000000129. The van der Waals surface area contributed by atoms with Gasteiger partial charge in [-0.1, -0.05) is 184 Å². The Hall–Kier alpha value is -8.97. The first-order chi connectivity index (χ1) is 49.1. The highest BCUT2D eigenvalue weighted by Gasteiger charge is 2.36. The van der Waals surface area contributed by atoms with Gasteiger partial charge in [-0.05, 0) is 130 Å². The molecule has 13 aromatic rings. The second-order valence-electron chi connectivity index (χ2n) is 22.7. The lowest BCUT2D eigenvalue weighted by Crippen LogP contribution is -2.08. The van der Waals surface area contributed by atoms with Crippen LogP contribution in [0.3, 0.4) is 0 Å². The molecular weight excluding hydrogens is 1520 g/mol. The number of nitro groups is 1. The summed E-state index contributed by atoms with van der Waals surface area (Å²) >= 11 is 48.9. The molecule has 0 saturated carbocycles. The lowest BCUT2D eigenvalue weighted by atomic mass is 10.1. The van der Waals surface area contributed by atoms with E-state index in [1.807, 2.05) is 48.5 Å².